The summed E-state index contributed by atoms with van der Waals surface area (Å²) < 4.78 is 25.9. The quantitative estimate of drug-likeness (QED) is 0.155. The Bertz CT molecular complexity index is 1300. The molecule has 162 valence electrons. The zero-order chi connectivity index (χ0) is 23.5. The van der Waals surface area contributed by atoms with E-state index in [2.05, 4.69) is 0 Å². The average Bonchev–Trinajstić information content (AvgIpc) is 2.65. The molecule has 0 radical (unpaired) electrons. The molecular formula is C20H19N3O7S. The van der Waals surface area contributed by atoms with Crippen molar-refractivity contribution in [3.63, 3.8) is 0 Å². The van der Waals surface area contributed by atoms with E-state index in [4.69, 9.17) is 15.7 Å². The molecule has 0 amide bonds. The van der Waals surface area contributed by atoms with Gasteiger partial charge in [-0.1, -0.05) is 42.5 Å². The first-order valence-corrected chi connectivity index (χ1v) is 10.5. The molecule has 3 rings (SSSR count). The SMILES string of the molecule is CS(=O)(=O)O.Cc1c([N+](=O)[O-])cc(C(=N)N)c(C(=O)O)c1-c1cccc2ccccc12. The van der Waals surface area contributed by atoms with E-state index in [1.54, 1.807) is 12.1 Å². The molecule has 11 heteroatoms. The van der Waals surface area contributed by atoms with Crippen LogP contribution in [0.15, 0.2) is 48.5 Å². The van der Waals surface area contributed by atoms with Crippen molar-refractivity contribution in [1.29, 1.82) is 5.41 Å². The maximum absolute atomic E-state index is 12.0. The van der Waals surface area contributed by atoms with Gasteiger partial charge < -0.3 is 10.8 Å². The van der Waals surface area contributed by atoms with E-state index in [0.29, 0.717) is 11.8 Å². The van der Waals surface area contributed by atoms with Gasteiger partial charge in [-0.2, -0.15) is 8.42 Å². The van der Waals surface area contributed by atoms with Crippen LogP contribution in [0.5, 0.6) is 0 Å². The first-order valence-electron chi connectivity index (χ1n) is 8.63. The Labute approximate surface area is 177 Å². The lowest BCUT2D eigenvalue weighted by Crippen LogP contribution is -2.18. The summed E-state index contributed by atoms with van der Waals surface area (Å²) in [7, 11) is -3.67. The van der Waals surface area contributed by atoms with Gasteiger partial charge in [0.25, 0.3) is 15.8 Å². The molecule has 0 aliphatic carbocycles. The van der Waals surface area contributed by atoms with Crippen molar-refractivity contribution in [1.82, 2.24) is 0 Å². The number of nitrogens with one attached hydrogen (secondary N) is 1. The molecule has 0 bridgehead atoms. The van der Waals surface area contributed by atoms with E-state index in [1.807, 2.05) is 30.3 Å². The number of nitrogens with zero attached hydrogens (tertiary/aromatic N) is 1. The smallest absolute Gasteiger partial charge is 0.337 e. The number of fused-ring (bicyclic) bond motifs is 1. The highest BCUT2D eigenvalue weighted by molar-refractivity contribution is 7.85. The zero-order valence-corrected chi connectivity index (χ0v) is 17.3. The van der Waals surface area contributed by atoms with Crippen molar-refractivity contribution in [3.05, 3.63) is 75.3 Å². The minimum absolute atomic E-state index is 0.169. The molecule has 5 N–H and O–H groups in total. The van der Waals surface area contributed by atoms with Crippen LogP contribution in [-0.2, 0) is 10.1 Å². The summed E-state index contributed by atoms with van der Waals surface area (Å²) in [6, 6.07) is 13.8. The summed E-state index contributed by atoms with van der Waals surface area (Å²) in [4.78, 5) is 22.8. The van der Waals surface area contributed by atoms with Crippen LogP contribution in [0.4, 0.5) is 5.69 Å². The van der Waals surface area contributed by atoms with E-state index in [9.17, 15) is 28.4 Å². The first-order chi connectivity index (χ1) is 14.3. The maximum atomic E-state index is 12.0. The summed E-state index contributed by atoms with van der Waals surface area (Å²) in [5.74, 6) is -1.83. The second kappa shape index (κ2) is 8.90. The van der Waals surface area contributed by atoms with Gasteiger partial charge in [0, 0.05) is 22.8 Å². The molecule has 0 heterocycles. The molecular weight excluding hydrogens is 426 g/mol. The van der Waals surface area contributed by atoms with Gasteiger partial charge in [-0.25, -0.2) is 4.79 Å². The van der Waals surface area contributed by atoms with E-state index >= 15 is 0 Å². The van der Waals surface area contributed by atoms with Gasteiger partial charge in [-0.3, -0.25) is 20.1 Å². The number of nitrogen functional groups attached to an aromatic ring is 1. The Kier molecular flexibility index (Phi) is 6.73. The number of carboxylic acids is 1. The number of hydrogen-bond acceptors (Lipinski definition) is 6. The number of nitrogens with two attached hydrogens (primary N) is 1. The normalized spacial score (nSPS) is 10.8. The second-order valence-corrected chi connectivity index (χ2v) is 8.02. The largest absolute Gasteiger partial charge is 0.478 e. The Balaban J connectivity index is 0.000000614. The third-order valence-corrected chi connectivity index (χ3v) is 4.32. The number of amidine groups is 1. The van der Waals surface area contributed by atoms with Crippen molar-refractivity contribution >= 4 is 38.4 Å². The number of hydrogen-bond donors (Lipinski definition) is 4. The molecule has 0 saturated heterocycles. The van der Waals surface area contributed by atoms with Crippen molar-refractivity contribution in [2.24, 2.45) is 5.73 Å². The summed E-state index contributed by atoms with van der Waals surface area (Å²) in [5, 5.41) is 30.6. The lowest BCUT2D eigenvalue weighted by Gasteiger charge is -2.16. The van der Waals surface area contributed by atoms with E-state index in [0.717, 1.165) is 16.8 Å². The lowest BCUT2D eigenvalue weighted by atomic mass is 9.87. The number of carboxylic acid groups (broad SMARTS) is 1. The van der Waals surface area contributed by atoms with Gasteiger partial charge in [-0.05, 0) is 23.3 Å². The molecule has 0 saturated carbocycles. The Morgan fingerprint density at radius 2 is 1.71 bits per heavy atom. The highest BCUT2D eigenvalue weighted by Crippen LogP contribution is 2.39. The van der Waals surface area contributed by atoms with Gasteiger partial charge >= 0.3 is 5.97 Å². The van der Waals surface area contributed by atoms with Gasteiger partial charge in [-0.15, -0.1) is 0 Å². The number of rotatable bonds is 4. The fraction of sp³-hybridized carbons (Fsp3) is 0.100. The van der Waals surface area contributed by atoms with Crippen molar-refractivity contribution in [3.8, 4) is 11.1 Å². The predicted octanol–water partition coefficient (Wildman–Crippen LogP) is 3.21. The summed E-state index contributed by atoms with van der Waals surface area (Å²) >= 11 is 0. The second-order valence-electron chi connectivity index (χ2n) is 6.55. The van der Waals surface area contributed by atoms with Crippen molar-refractivity contribution in [2.45, 2.75) is 6.92 Å². The first kappa shape index (κ1) is 23.4. The fourth-order valence-corrected chi connectivity index (χ4v) is 3.17. The molecule has 0 aliphatic rings. The van der Waals surface area contributed by atoms with Crippen LogP contribution in [0.25, 0.3) is 21.9 Å². The van der Waals surface area contributed by atoms with Crippen LogP contribution in [0.1, 0.15) is 21.5 Å². The van der Waals surface area contributed by atoms with Gasteiger partial charge in [0.05, 0.1) is 16.7 Å². The third kappa shape index (κ3) is 5.41. The van der Waals surface area contributed by atoms with Gasteiger partial charge in [0.2, 0.25) is 0 Å². The number of carbonyl (C=O) groups is 1. The molecule has 0 aromatic heterocycles. The third-order valence-electron chi connectivity index (χ3n) is 4.32. The molecule has 0 aliphatic heterocycles. The van der Waals surface area contributed by atoms with E-state index in [1.165, 1.54) is 6.92 Å². The minimum atomic E-state index is -3.67. The lowest BCUT2D eigenvalue weighted by molar-refractivity contribution is -0.385. The summed E-state index contributed by atoms with van der Waals surface area (Å²) in [6.45, 7) is 1.51. The average molecular weight is 445 g/mol. The number of benzene rings is 3. The zero-order valence-electron chi connectivity index (χ0n) is 16.5. The predicted molar refractivity (Wildman–Crippen MR) is 116 cm³/mol. The summed E-state index contributed by atoms with van der Waals surface area (Å²) in [6.07, 6.45) is 0.715. The Morgan fingerprint density at radius 1 is 1.16 bits per heavy atom. The van der Waals surface area contributed by atoms with Crippen LogP contribution < -0.4 is 5.73 Å². The number of nitro groups is 1. The standard InChI is InChI=1S/C19H15N3O4.CH4O3S/c1-10-15(22(25)26)9-14(18(20)21)17(19(23)24)16(10)13-8-4-6-11-5-2-3-7-12(11)13;1-5(2,3)4/h2-9H,1H3,(H3,20,21)(H,23,24);1H3,(H,2,3,4). The van der Waals surface area contributed by atoms with E-state index < -0.39 is 26.8 Å². The highest BCUT2D eigenvalue weighted by Gasteiger charge is 2.28. The number of aromatic carboxylic acids is 1. The van der Waals surface area contributed by atoms with Gasteiger partial charge in [0.15, 0.2) is 0 Å². The van der Waals surface area contributed by atoms with Crippen molar-refractivity contribution < 1.29 is 27.8 Å². The molecule has 10 nitrogen and oxygen atoms in total. The maximum Gasteiger partial charge on any atom is 0.337 e. The number of nitro benzene ring substituents is 1. The van der Waals surface area contributed by atoms with Gasteiger partial charge in [0.1, 0.15) is 5.84 Å². The molecule has 0 unspecified atom stereocenters. The Morgan fingerprint density at radius 3 is 2.23 bits per heavy atom. The molecule has 0 atom stereocenters. The summed E-state index contributed by atoms with van der Waals surface area (Å²) in [5.41, 5.74) is 5.84. The Hall–Kier alpha value is -3.83. The molecule has 0 fully saturated rings. The fourth-order valence-electron chi connectivity index (χ4n) is 3.17. The molecule has 3 aromatic rings. The van der Waals surface area contributed by atoms with Crippen LogP contribution in [0, 0.1) is 22.4 Å². The van der Waals surface area contributed by atoms with Crippen molar-refractivity contribution in [2.75, 3.05) is 6.26 Å². The van der Waals surface area contributed by atoms with Crippen LogP contribution >= 0.6 is 0 Å². The van der Waals surface area contributed by atoms with Crippen LogP contribution in [0.2, 0.25) is 0 Å². The van der Waals surface area contributed by atoms with Crippen LogP contribution in [0.3, 0.4) is 0 Å². The van der Waals surface area contributed by atoms with E-state index in [-0.39, 0.29) is 27.9 Å². The monoisotopic (exact) mass is 445 g/mol. The topological polar surface area (TPSA) is 185 Å². The molecule has 3 aromatic carbocycles. The minimum Gasteiger partial charge on any atom is -0.478 e. The molecule has 31 heavy (non-hydrogen) atoms. The molecule has 0 spiro atoms. The highest BCUT2D eigenvalue weighted by atomic mass is 32.2. The van der Waals surface area contributed by atoms with Crippen LogP contribution in [-0.4, -0.2) is 41.1 Å².